The minimum atomic E-state index is 1.00. The van der Waals surface area contributed by atoms with Crippen LogP contribution in [0.4, 0.5) is 0 Å². The predicted octanol–water partition coefficient (Wildman–Crippen LogP) is 0.802. The molecule has 6 heteroatoms. The summed E-state index contributed by atoms with van der Waals surface area (Å²) in [5.74, 6) is 0. The third-order valence-electron chi connectivity index (χ3n) is 0.167. The first-order valence-electron chi connectivity index (χ1n) is 1.00. The minimum absolute atomic E-state index is 1.00. The van der Waals surface area contributed by atoms with Gasteiger partial charge in [0.2, 0.25) is 0 Å². The Morgan fingerprint density at radius 2 is 1.67 bits per heavy atom. The molecule has 0 amide bonds. The van der Waals surface area contributed by atoms with Crippen LogP contribution < -0.4 is 0 Å². The molecule has 0 saturated carbocycles. The van der Waals surface area contributed by atoms with Gasteiger partial charge in [0.05, 0.1) is 0 Å². The Hall–Kier alpha value is 2.61. The summed E-state index contributed by atoms with van der Waals surface area (Å²) in [4.78, 5) is 0. The van der Waals surface area contributed by atoms with Crippen molar-refractivity contribution in [3.63, 3.8) is 0 Å². The van der Waals surface area contributed by atoms with Crippen LogP contribution in [0.1, 0.15) is 0 Å². The second-order valence-electron chi connectivity index (χ2n) is 0.408. The summed E-state index contributed by atoms with van der Waals surface area (Å²) in [6.45, 7) is 0. The number of hydrogen-bond acceptors (Lipinski definition) is 3. The Bertz CT molecular complexity index is 21.5. The van der Waals surface area contributed by atoms with Gasteiger partial charge in [0, 0.05) is 0 Å². The van der Waals surface area contributed by atoms with E-state index >= 15 is 0 Å². The van der Waals surface area contributed by atoms with Crippen molar-refractivity contribution < 1.29 is 0 Å². The molecule has 0 radical (unpaired) electrons. The van der Waals surface area contributed by atoms with E-state index in [1.165, 1.54) is 0 Å². The maximum absolute atomic E-state index is 2.08. The Morgan fingerprint density at radius 1 is 1.00 bits per heavy atom. The molecule has 0 N–H and O–H groups in total. The Balaban J connectivity index is 2.00. The molecule has 0 unspecified atom stereocenters. The molecule has 0 bridgehead atoms. The van der Waals surface area contributed by atoms with E-state index in [9.17, 15) is 0 Å². The molecule has 1 aliphatic rings. The summed E-state index contributed by atoms with van der Waals surface area (Å²) in [6.07, 6.45) is 0. The summed E-state index contributed by atoms with van der Waals surface area (Å²) < 4.78 is 0. The fourth-order valence-electron chi connectivity index (χ4n) is 0.0680. The van der Waals surface area contributed by atoms with Gasteiger partial charge < -0.3 is 0 Å². The van der Waals surface area contributed by atoms with Gasteiger partial charge in [0.1, 0.15) is 0 Å². The van der Waals surface area contributed by atoms with E-state index < -0.39 is 0 Å². The van der Waals surface area contributed by atoms with Crippen molar-refractivity contribution >= 4 is 63.6 Å². The summed E-state index contributed by atoms with van der Waals surface area (Å²) in [7, 11) is 6.16. The van der Waals surface area contributed by atoms with Gasteiger partial charge in [-0.3, -0.25) is 0 Å². The summed E-state index contributed by atoms with van der Waals surface area (Å²) in [6, 6.07) is 0. The standard InChI is InChI=1S/S3Se3/c1-2-4-6-5-3-1. The van der Waals surface area contributed by atoms with Crippen molar-refractivity contribution in [2.45, 2.75) is 0 Å². The van der Waals surface area contributed by atoms with Crippen molar-refractivity contribution in [3.8, 4) is 0 Å². The van der Waals surface area contributed by atoms with Crippen LogP contribution in [-0.2, 0) is 0 Å². The Morgan fingerprint density at radius 3 is 1.83 bits per heavy atom. The average molecular weight is 333 g/mol. The van der Waals surface area contributed by atoms with Crippen molar-refractivity contribution in [1.29, 1.82) is 0 Å². The van der Waals surface area contributed by atoms with Crippen LogP contribution in [0.3, 0.4) is 0 Å². The molecule has 1 saturated heterocycles. The summed E-state index contributed by atoms with van der Waals surface area (Å²) >= 11 is 3.09. The van der Waals surface area contributed by atoms with Crippen LogP contribution in [0.5, 0.6) is 0 Å². The van der Waals surface area contributed by atoms with Crippen molar-refractivity contribution in [1.82, 2.24) is 0 Å². The van der Waals surface area contributed by atoms with Crippen molar-refractivity contribution in [2.24, 2.45) is 0 Å². The first kappa shape index (κ1) is 6.72. The number of hydrogen-bond donors (Lipinski definition) is 0. The van der Waals surface area contributed by atoms with Gasteiger partial charge in [-0.25, -0.2) is 0 Å². The van der Waals surface area contributed by atoms with Crippen LogP contribution in [0.15, 0.2) is 0 Å². The molecule has 36 valence electrons. The summed E-state index contributed by atoms with van der Waals surface area (Å²) in [5, 5.41) is 0. The second kappa shape index (κ2) is 4.48. The van der Waals surface area contributed by atoms with E-state index in [1.54, 1.807) is 0 Å². The molecule has 1 aliphatic heterocycles. The summed E-state index contributed by atoms with van der Waals surface area (Å²) in [5.41, 5.74) is 0. The molecule has 0 aliphatic carbocycles. The molecule has 0 aromatic carbocycles. The molecule has 1 fully saturated rings. The Kier molecular flexibility index (Phi) is 5.03. The van der Waals surface area contributed by atoms with Gasteiger partial charge >= 0.3 is 63.6 Å². The van der Waals surface area contributed by atoms with Gasteiger partial charge in [-0.15, -0.1) is 0 Å². The third-order valence-corrected chi connectivity index (χ3v) is 44.7. The maximum atomic E-state index is 2.08. The zero-order valence-corrected chi connectivity index (χ0v) is 10.0. The van der Waals surface area contributed by atoms with Crippen molar-refractivity contribution in [3.05, 3.63) is 0 Å². The molecule has 1 rings (SSSR count). The fraction of sp³-hybridized carbons (Fsp3) is 0. The van der Waals surface area contributed by atoms with Gasteiger partial charge in [-0.2, -0.15) is 0 Å². The number of rotatable bonds is 0. The molecule has 0 aromatic rings. The van der Waals surface area contributed by atoms with Gasteiger partial charge in [-0.1, -0.05) is 0 Å². The second-order valence-corrected chi connectivity index (χ2v) is 28.8. The van der Waals surface area contributed by atoms with Gasteiger partial charge in [-0.05, 0) is 0 Å². The van der Waals surface area contributed by atoms with E-state index in [2.05, 4.69) is 18.4 Å². The SMILES string of the molecule is S1S[Se][Se][Se]S1. The zero-order valence-electron chi connectivity index (χ0n) is 2.45. The van der Waals surface area contributed by atoms with Crippen LogP contribution in [0.25, 0.3) is 0 Å². The fourth-order valence-corrected chi connectivity index (χ4v) is 67.8. The normalized spacial score (nSPS) is 24.0. The molecule has 0 spiro atoms. The average Bonchev–Trinajstić information content (AvgIpc) is 1.72. The first-order valence-corrected chi connectivity index (χ1v) is 17.2. The van der Waals surface area contributed by atoms with E-state index in [1.807, 2.05) is 9.83 Å². The molecule has 0 aromatic heterocycles. The van der Waals surface area contributed by atoms with Crippen LogP contribution in [0.2, 0.25) is 0 Å². The molecule has 6 heavy (non-hydrogen) atoms. The molecule has 0 atom stereocenters. The van der Waals surface area contributed by atoms with E-state index in [0.29, 0.717) is 0 Å². The monoisotopic (exact) mass is 336 g/mol. The van der Waals surface area contributed by atoms with Crippen LogP contribution in [0, 0.1) is 0 Å². The van der Waals surface area contributed by atoms with Gasteiger partial charge in [0.15, 0.2) is 0 Å². The predicted molar refractivity (Wildman–Crippen MR) is 40.0 cm³/mol. The van der Waals surface area contributed by atoms with Crippen LogP contribution in [-0.4, -0.2) is 35.3 Å². The van der Waals surface area contributed by atoms with E-state index in [4.69, 9.17) is 0 Å². The molecular formula is S3Se3. The third kappa shape index (κ3) is 2.81. The molecular weight excluding hydrogens is 333 g/mol. The van der Waals surface area contributed by atoms with Gasteiger partial charge in [0.25, 0.3) is 0 Å². The molecule has 1 heterocycles. The zero-order chi connectivity index (χ0) is 4.24. The van der Waals surface area contributed by atoms with E-state index in [0.717, 1.165) is 35.3 Å². The molecule has 0 nitrogen and oxygen atoms in total. The topological polar surface area (TPSA) is 0 Å². The Labute approximate surface area is 62.6 Å². The quantitative estimate of drug-likeness (QED) is 0.476. The van der Waals surface area contributed by atoms with Crippen LogP contribution >= 0.6 is 28.2 Å². The van der Waals surface area contributed by atoms with Crippen molar-refractivity contribution in [2.75, 3.05) is 0 Å². The van der Waals surface area contributed by atoms with E-state index in [-0.39, 0.29) is 0 Å². The first-order chi connectivity index (χ1) is 3.00.